The zero-order valence-electron chi connectivity index (χ0n) is 23.5. The van der Waals surface area contributed by atoms with Crippen molar-refractivity contribution in [3.05, 3.63) is 89.8 Å². The van der Waals surface area contributed by atoms with Crippen molar-refractivity contribution in [3.8, 4) is 0 Å². The standard InChI is InChI=1S/C31H33N7O5/c1-2-12-33-26(39)8-4-3-6-23(35-29(42)24-10-9-21-18-32-13-11-22(21)34-24)28(41)36-25-7-5-14-38(30(25)43)19-27(40)37-31-15-20(16-31)17-31/h2,4-5,7-11,13-14,18,20,23H,1,3,6,12,15-17,19H2,(H,33,39)(H,35,42)(H,36,41)(H,37,40)/b8-4+/t20?,23-,31?/m0/s1. The van der Waals surface area contributed by atoms with Gasteiger partial charge in [-0.1, -0.05) is 12.2 Å². The van der Waals surface area contributed by atoms with Crippen LogP contribution in [0.1, 0.15) is 42.6 Å². The van der Waals surface area contributed by atoms with E-state index in [0.717, 1.165) is 24.6 Å². The molecule has 3 saturated carbocycles. The molecule has 1 atom stereocenters. The van der Waals surface area contributed by atoms with E-state index in [1.54, 1.807) is 42.7 Å². The van der Waals surface area contributed by atoms with Gasteiger partial charge in [-0.3, -0.25) is 29.0 Å². The Balaban J connectivity index is 1.27. The first-order valence-electron chi connectivity index (χ1n) is 14.1. The highest BCUT2D eigenvalue weighted by molar-refractivity contribution is 6.01. The van der Waals surface area contributed by atoms with Crippen LogP contribution in [-0.4, -0.2) is 56.3 Å². The Morgan fingerprint density at radius 1 is 1.14 bits per heavy atom. The maximum atomic E-state index is 13.4. The lowest BCUT2D eigenvalue weighted by Gasteiger charge is -2.61. The fourth-order valence-corrected chi connectivity index (χ4v) is 5.38. The summed E-state index contributed by atoms with van der Waals surface area (Å²) in [5.41, 5.74) is -0.00847. The molecule has 12 nitrogen and oxygen atoms in total. The van der Waals surface area contributed by atoms with Crippen LogP contribution in [0.25, 0.3) is 10.9 Å². The number of anilines is 1. The third-order valence-electron chi connectivity index (χ3n) is 7.69. The van der Waals surface area contributed by atoms with E-state index < -0.39 is 23.4 Å². The molecule has 0 aliphatic heterocycles. The van der Waals surface area contributed by atoms with Crippen LogP contribution in [-0.2, 0) is 20.9 Å². The van der Waals surface area contributed by atoms with Crippen LogP contribution >= 0.6 is 0 Å². The normalized spacial score (nSPS) is 19.0. The van der Waals surface area contributed by atoms with E-state index in [1.165, 1.54) is 29.0 Å². The highest BCUT2D eigenvalue weighted by Crippen LogP contribution is 2.56. The third-order valence-corrected chi connectivity index (χ3v) is 7.69. The van der Waals surface area contributed by atoms with Crippen LogP contribution < -0.4 is 26.8 Å². The van der Waals surface area contributed by atoms with E-state index in [1.807, 2.05) is 0 Å². The molecule has 4 amide bonds. The lowest BCUT2D eigenvalue weighted by atomic mass is 9.50. The lowest BCUT2D eigenvalue weighted by Crippen LogP contribution is -2.68. The Labute approximate surface area is 247 Å². The summed E-state index contributed by atoms with van der Waals surface area (Å²) in [4.78, 5) is 72.5. The number of carbonyl (C=O) groups is 4. The van der Waals surface area contributed by atoms with Crippen molar-refractivity contribution in [3.63, 3.8) is 0 Å². The van der Waals surface area contributed by atoms with Gasteiger partial charge < -0.3 is 25.8 Å². The second kappa shape index (κ2) is 12.8. The zero-order valence-corrected chi connectivity index (χ0v) is 23.5. The molecule has 2 bridgehead atoms. The van der Waals surface area contributed by atoms with Gasteiger partial charge in [0.25, 0.3) is 11.5 Å². The van der Waals surface area contributed by atoms with Crippen LogP contribution in [0, 0.1) is 5.92 Å². The first-order chi connectivity index (χ1) is 20.7. The molecule has 3 aliphatic carbocycles. The molecule has 3 fully saturated rings. The van der Waals surface area contributed by atoms with Gasteiger partial charge in [0, 0.05) is 36.1 Å². The van der Waals surface area contributed by atoms with Gasteiger partial charge >= 0.3 is 0 Å². The Morgan fingerprint density at radius 3 is 2.70 bits per heavy atom. The van der Waals surface area contributed by atoms with Gasteiger partial charge in [0.2, 0.25) is 17.7 Å². The minimum atomic E-state index is -1.07. The highest BCUT2D eigenvalue weighted by Gasteiger charge is 2.57. The summed E-state index contributed by atoms with van der Waals surface area (Å²) >= 11 is 0. The monoisotopic (exact) mass is 583 g/mol. The summed E-state index contributed by atoms with van der Waals surface area (Å²) in [6.45, 7) is 3.69. The minimum Gasteiger partial charge on any atom is -0.349 e. The van der Waals surface area contributed by atoms with Crippen molar-refractivity contribution in [2.24, 2.45) is 5.92 Å². The average molecular weight is 584 g/mol. The maximum Gasteiger partial charge on any atom is 0.274 e. The largest absolute Gasteiger partial charge is 0.349 e. The number of allylic oxidation sites excluding steroid dienone is 1. The molecule has 0 aromatic carbocycles. The molecule has 43 heavy (non-hydrogen) atoms. The number of hydrogen-bond donors (Lipinski definition) is 4. The second-order valence-corrected chi connectivity index (χ2v) is 11.0. The minimum absolute atomic E-state index is 0.0271. The van der Waals surface area contributed by atoms with E-state index in [4.69, 9.17) is 0 Å². The summed E-state index contributed by atoms with van der Waals surface area (Å²) in [6.07, 6.45) is 12.5. The van der Waals surface area contributed by atoms with Gasteiger partial charge in [-0.05, 0) is 74.4 Å². The number of aromatic nitrogens is 3. The van der Waals surface area contributed by atoms with E-state index in [9.17, 15) is 24.0 Å². The average Bonchev–Trinajstić information content (AvgIpc) is 2.96. The molecule has 0 radical (unpaired) electrons. The Hall–Kier alpha value is -5.13. The fraction of sp³-hybridized carbons (Fsp3) is 0.323. The fourth-order valence-electron chi connectivity index (χ4n) is 5.38. The lowest BCUT2D eigenvalue weighted by molar-refractivity contribution is -0.133. The van der Waals surface area contributed by atoms with Crippen LogP contribution in [0.2, 0.25) is 0 Å². The molecule has 0 unspecified atom stereocenters. The van der Waals surface area contributed by atoms with Gasteiger partial charge in [0.1, 0.15) is 24.0 Å². The van der Waals surface area contributed by atoms with Gasteiger partial charge in [-0.2, -0.15) is 0 Å². The molecule has 222 valence electrons. The Bertz CT molecular complexity index is 1650. The number of nitrogens with zero attached hydrogens (tertiary/aromatic N) is 3. The Kier molecular flexibility index (Phi) is 8.74. The van der Waals surface area contributed by atoms with Gasteiger partial charge in [0.15, 0.2) is 0 Å². The van der Waals surface area contributed by atoms with Gasteiger partial charge in [-0.25, -0.2) is 4.98 Å². The predicted octanol–water partition coefficient (Wildman–Crippen LogP) is 1.84. The van der Waals surface area contributed by atoms with E-state index >= 15 is 0 Å². The molecule has 12 heteroatoms. The molecule has 3 aliphatic rings. The number of hydrogen-bond acceptors (Lipinski definition) is 7. The highest BCUT2D eigenvalue weighted by atomic mass is 16.2. The molecule has 6 rings (SSSR count). The number of amides is 4. The Morgan fingerprint density at radius 2 is 1.95 bits per heavy atom. The molecule has 0 spiro atoms. The number of nitrogens with one attached hydrogen (secondary N) is 4. The van der Waals surface area contributed by atoms with Crippen molar-refractivity contribution in [1.29, 1.82) is 0 Å². The molecular formula is C31H33N7O5. The number of carbonyl (C=O) groups excluding carboxylic acids is 4. The number of pyridine rings is 3. The number of fused-ring (bicyclic) bond motifs is 1. The second-order valence-electron chi connectivity index (χ2n) is 11.0. The first kappa shape index (κ1) is 29.4. The first-order valence-corrected chi connectivity index (χ1v) is 14.1. The number of rotatable bonds is 13. The molecule has 4 N–H and O–H groups in total. The zero-order chi connectivity index (χ0) is 30.4. The molecule has 3 aromatic rings. The van der Waals surface area contributed by atoms with Crippen LogP contribution in [0.3, 0.4) is 0 Å². The van der Waals surface area contributed by atoms with E-state index in [2.05, 4.69) is 37.8 Å². The summed E-state index contributed by atoms with van der Waals surface area (Å²) in [6, 6.07) is 6.86. The summed E-state index contributed by atoms with van der Waals surface area (Å²) in [7, 11) is 0. The van der Waals surface area contributed by atoms with Crippen molar-refractivity contribution in [2.45, 2.75) is 50.2 Å². The van der Waals surface area contributed by atoms with Crippen molar-refractivity contribution in [1.82, 2.24) is 30.5 Å². The summed E-state index contributed by atoms with van der Waals surface area (Å²) < 4.78 is 1.24. The maximum absolute atomic E-state index is 13.4. The summed E-state index contributed by atoms with van der Waals surface area (Å²) in [5, 5.41) is 11.7. The van der Waals surface area contributed by atoms with Gasteiger partial charge in [-0.15, -0.1) is 6.58 Å². The third kappa shape index (κ3) is 7.03. The van der Waals surface area contributed by atoms with Crippen LogP contribution in [0.5, 0.6) is 0 Å². The predicted molar refractivity (Wildman–Crippen MR) is 160 cm³/mol. The molecular weight excluding hydrogens is 550 g/mol. The van der Waals surface area contributed by atoms with E-state index in [-0.39, 0.29) is 48.1 Å². The molecule has 3 heterocycles. The molecule has 0 saturated heterocycles. The van der Waals surface area contributed by atoms with Gasteiger partial charge in [0.05, 0.1) is 5.52 Å². The molecule has 3 aromatic heterocycles. The van der Waals surface area contributed by atoms with Crippen molar-refractivity contribution < 1.29 is 19.2 Å². The van der Waals surface area contributed by atoms with E-state index in [0.29, 0.717) is 18.0 Å². The topological polar surface area (TPSA) is 164 Å². The van der Waals surface area contributed by atoms with Crippen molar-refractivity contribution >= 4 is 40.2 Å². The smallest absolute Gasteiger partial charge is 0.274 e. The van der Waals surface area contributed by atoms with Crippen LogP contribution in [0.4, 0.5) is 5.69 Å². The van der Waals surface area contributed by atoms with Crippen molar-refractivity contribution in [2.75, 3.05) is 11.9 Å². The van der Waals surface area contributed by atoms with Crippen LogP contribution in [0.15, 0.2) is 78.5 Å². The summed E-state index contributed by atoms with van der Waals surface area (Å²) in [5.74, 6) is -1.08. The SMILES string of the molecule is C=CCNC(=O)/C=C/CC[C@H](NC(=O)c1ccc2cnccc2n1)C(=O)Nc1cccn(CC(=O)NC23CC(C2)C3)c1=O. The quantitative estimate of drug-likeness (QED) is 0.176.